The molecule has 0 saturated carbocycles. The van der Waals surface area contributed by atoms with E-state index in [1.165, 1.54) is 0 Å². The Labute approximate surface area is 103 Å². The third-order valence-corrected chi connectivity index (χ3v) is 4.07. The Morgan fingerprint density at radius 3 is 2.47 bits per heavy atom. The summed E-state index contributed by atoms with van der Waals surface area (Å²) in [6.07, 6.45) is 1.79. The molecule has 17 heavy (non-hydrogen) atoms. The average molecular weight is 235 g/mol. The maximum atomic E-state index is 10.4. The predicted octanol–water partition coefficient (Wildman–Crippen LogP) is 1.63. The second-order valence-electron chi connectivity index (χ2n) is 5.39. The van der Waals surface area contributed by atoms with Crippen LogP contribution in [0.5, 0.6) is 0 Å². The Balaban J connectivity index is 2.20. The summed E-state index contributed by atoms with van der Waals surface area (Å²) in [6.45, 7) is 9.70. The third kappa shape index (κ3) is 2.27. The second kappa shape index (κ2) is 4.26. The average Bonchev–Trinajstić information content (AvgIpc) is 2.26. The monoisotopic (exact) mass is 235 g/mol. The molecule has 0 aromatic carbocycles. The number of anilines is 1. The quantitative estimate of drug-likeness (QED) is 0.803. The summed E-state index contributed by atoms with van der Waals surface area (Å²) in [6, 6.07) is 1.94. The van der Waals surface area contributed by atoms with Crippen molar-refractivity contribution in [2.24, 2.45) is 11.8 Å². The maximum absolute atomic E-state index is 10.4. The zero-order valence-electron chi connectivity index (χ0n) is 11.0. The zero-order chi connectivity index (χ0) is 12.6. The van der Waals surface area contributed by atoms with Crippen LogP contribution in [-0.4, -0.2) is 33.8 Å². The first-order valence-electron chi connectivity index (χ1n) is 6.18. The fourth-order valence-electron chi connectivity index (χ4n) is 2.40. The number of nitrogens with zero attached hydrogens (tertiary/aromatic N) is 3. The fourth-order valence-corrected chi connectivity index (χ4v) is 2.40. The van der Waals surface area contributed by atoms with Gasteiger partial charge in [-0.1, -0.05) is 13.8 Å². The largest absolute Gasteiger partial charge is 0.389 e. The van der Waals surface area contributed by atoms with Gasteiger partial charge in [-0.05, 0) is 19.9 Å². The minimum absolute atomic E-state index is 0.238. The molecule has 1 unspecified atom stereocenters. The van der Waals surface area contributed by atoms with Gasteiger partial charge in [-0.2, -0.15) is 0 Å². The molecule has 1 aliphatic heterocycles. The predicted molar refractivity (Wildman–Crippen MR) is 67.9 cm³/mol. The van der Waals surface area contributed by atoms with Crippen LogP contribution in [0.25, 0.3) is 0 Å². The fraction of sp³-hybridized carbons (Fsp3) is 0.692. The van der Waals surface area contributed by atoms with Gasteiger partial charge in [-0.15, -0.1) is 0 Å². The number of aryl methyl sites for hydroxylation is 1. The molecule has 1 aliphatic rings. The van der Waals surface area contributed by atoms with Crippen molar-refractivity contribution in [3.05, 3.63) is 18.1 Å². The lowest BCUT2D eigenvalue weighted by molar-refractivity contribution is -0.0504. The molecule has 1 saturated heterocycles. The van der Waals surface area contributed by atoms with Gasteiger partial charge in [0.2, 0.25) is 0 Å². The van der Waals surface area contributed by atoms with Crippen LogP contribution in [0.4, 0.5) is 5.82 Å². The van der Waals surface area contributed by atoms with E-state index in [1.807, 2.05) is 19.9 Å². The first-order valence-corrected chi connectivity index (χ1v) is 6.18. The summed E-state index contributed by atoms with van der Waals surface area (Å²) >= 11 is 0. The second-order valence-corrected chi connectivity index (χ2v) is 5.39. The lowest BCUT2D eigenvalue weighted by Crippen LogP contribution is -2.55. The van der Waals surface area contributed by atoms with E-state index in [9.17, 15) is 5.11 Å². The first-order chi connectivity index (χ1) is 7.91. The van der Waals surface area contributed by atoms with Crippen LogP contribution >= 0.6 is 0 Å². The van der Waals surface area contributed by atoms with E-state index >= 15 is 0 Å². The van der Waals surface area contributed by atoms with Gasteiger partial charge in [0.1, 0.15) is 11.6 Å². The molecule has 94 valence electrons. The van der Waals surface area contributed by atoms with Crippen molar-refractivity contribution in [1.82, 2.24) is 9.97 Å². The normalized spacial score (nSPS) is 33.8. The molecule has 0 spiro atoms. The Bertz CT molecular complexity index is 391. The molecule has 1 aromatic rings. The van der Waals surface area contributed by atoms with Crippen LogP contribution in [0, 0.1) is 18.8 Å². The molecule has 2 heterocycles. The molecule has 4 heteroatoms. The molecule has 0 amide bonds. The summed E-state index contributed by atoms with van der Waals surface area (Å²) in [5.41, 5.74) is -0.585. The summed E-state index contributed by atoms with van der Waals surface area (Å²) in [5, 5.41) is 10.4. The molecular formula is C13H21N3O. The van der Waals surface area contributed by atoms with Crippen molar-refractivity contribution in [1.29, 1.82) is 0 Å². The Kier molecular flexibility index (Phi) is 3.08. The van der Waals surface area contributed by atoms with Crippen molar-refractivity contribution in [2.75, 3.05) is 18.0 Å². The zero-order valence-corrected chi connectivity index (χ0v) is 11.0. The lowest BCUT2D eigenvalue weighted by Gasteiger charge is -2.46. The number of aromatic nitrogens is 2. The topological polar surface area (TPSA) is 49.2 Å². The minimum atomic E-state index is -0.585. The maximum Gasteiger partial charge on any atom is 0.132 e. The standard InChI is InChI=1S/C13H21N3O/c1-9-7-16(8-10(2)13(9,4)17)12-5-6-14-11(3)15-12/h5-6,9-10,17H,7-8H2,1-4H3/t9-,10+,13?. The van der Waals surface area contributed by atoms with Gasteiger partial charge in [0, 0.05) is 31.1 Å². The molecular weight excluding hydrogens is 214 g/mol. The van der Waals surface area contributed by atoms with E-state index in [0.717, 1.165) is 24.7 Å². The van der Waals surface area contributed by atoms with E-state index < -0.39 is 5.60 Å². The highest BCUT2D eigenvalue weighted by atomic mass is 16.3. The van der Waals surface area contributed by atoms with Crippen LogP contribution < -0.4 is 4.90 Å². The van der Waals surface area contributed by atoms with Crippen molar-refractivity contribution in [3.63, 3.8) is 0 Å². The third-order valence-electron chi connectivity index (χ3n) is 4.07. The van der Waals surface area contributed by atoms with E-state index in [-0.39, 0.29) is 11.8 Å². The molecule has 1 fully saturated rings. The summed E-state index contributed by atoms with van der Waals surface area (Å²) in [5.74, 6) is 2.23. The van der Waals surface area contributed by atoms with Gasteiger partial charge < -0.3 is 10.0 Å². The SMILES string of the molecule is Cc1nccc(N2C[C@@H](C)C(C)(O)[C@@H](C)C2)n1. The molecule has 3 atom stereocenters. The lowest BCUT2D eigenvalue weighted by atomic mass is 9.76. The summed E-state index contributed by atoms with van der Waals surface area (Å²) < 4.78 is 0. The van der Waals surface area contributed by atoms with Crippen molar-refractivity contribution >= 4 is 5.82 Å². The van der Waals surface area contributed by atoms with Crippen molar-refractivity contribution in [2.45, 2.75) is 33.3 Å². The highest BCUT2D eigenvalue weighted by Gasteiger charge is 2.40. The highest BCUT2D eigenvalue weighted by molar-refractivity contribution is 5.38. The molecule has 0 bridgehead atoms. The van der Waals surface area contributed by atoms with Crippen LogP contribution in [0.1, 0.15) is 26.6 Å². The van der Waals surface area contributed by atoms with E-state index in [1.54, 1.807) is 6.20 Å². The van der Waals surface area contributed by atoms with Crippen LogP contribution in [0.15, 0.2) is 12.3 Å². The van der Waals surface area contributed by atoms with Crippen LogP contribution in [-0.2, 0) is 0 Å². The summed E-state index contributed by atoms with van der Waals surface area (Å²) in [7, 11) is 0. The minimum Gasteiger partial charge on any atom is -0.389 e. The first kappa shape index (κ1) is 12.3. The molecule has 1 N–H and O–H groups in total. The van der Waals surface area contributed by atoms with Gasteiger partial charge >= 0.3 is 0 Å². The van der Waals surface area contributed by atoms with Crippen LogP contribution in [0.2, 0.25) is 0 Å². The van der Waals surface area contributed by atoms with Gasteiger partial charge in [-0.25, -0.2) is 9.97 Å². The Morgan fingerprint density at radius 2 is 1.94 bits per heavy atom. The number of hydrogen-bond acceptors (Lipinski definition) is 4. The number of piperidine rings is 1. The Morgan fingerprint density at radius 1 is 1.35 bits per heavy atom. The van der Waals surface area contributed by atoms with Gasteiger partial charge in [0.25, 0.3) is 0 Å². The molecule has 0 radical (unpaired) electrons. The van der Waals surface area contributed by atoms with E-state index in [0.29, 0.717) is 0 Å². The molecule has 1 aromatic heterocycles. The molecule has 0 aliphatic carbocycles. The highest BCUT2D eigenvalue weighted by Crippen LogP contribution is 2.33. The number of aliphatic hydroxyl groups is 1. The molecule has 2 rings (SSSR count). The van der Waals surface area contributed by atoms with Crippen LogP contribution in [0.3, 0.4) is 0 Å². The van der Waals surface area contributed by atoms with E-state index in [2.05, 4.69) is 28.7 Å². The van der Waals surface area contributed by atoms with Gasteiger partial charge in [-0.3, -0.25) is 0 Å². The number of rotatable bonds is 1. The number of hydrogen-bond donors (Lipinski definition) is 1. The summed E-state index contributed by atoms with van der Waals surface area (Å²) in [4.78, 5) is 10.8. The van der Waals surface area contributed by atoms with Crippen molar-refractivity contribution in [3.8, 4) is 0 Å². The molecule has 4 nitrogen and oxygen atoms in total. The van der Waals surface area contributed by atoms with Gasteiger partial charge in [0.05, 0.1) is 5.60 Å². The van der Waals surface area contributed by atoms with E-state index in [4.69, 9.17) is 0 Å². The van der Waals surface area contributed by atoms with Gasteiger partial charge in [0.15, 0.2) is 0 Å². The smallest absolute Gasteiger partial charge is 0.132 e. The Hall–Kier alpha value is -1.16. The van der Waals surface area contributed by atoms with Crippen molar-refractivity contribution < 1.29 is 5.11 Å².